The third kappa shape index (κ3) is 2.57. The summed E-state index contributed by atoms with van der Waals surface area (Å²) in [6.45, 7) is 1.50. The maximum Gasteiger partial charge on any atom is 0.123 e. The van der Waals surface area contributed by atoms with Crippen LogP contribution in [0, 0.1) is 17.6 Å². The molecule has 1 aliphatic heterocycles. The van der Waals surface area contributed by atoms with Crippen molar-refractivity contribution in [2.45, 2.75) is 12.0 Å². The van der Waals surface area contributed by atoms with Gasteiger partial charge in [0.15, 0.2) is 0 Å². The van der Waals surface area contributed by atoms with Crippen molar-refractivity contribution in [1.82, 2.24) is 5.32 Å². The summed E-state index contributed by atoms with van der Waals surface area (Å²) in [5.41, 5.74) is 0.0127. The maximum atomic E-state index is 13.2. The molecule has 0 aromatic heterocycles. The Hall–Kier alpha value is -1.78. The molecule has 1 saturated heterocycles. The van der Waals surface area contributed by atoms with E-state index in [0.717, 1.165) is 13.0 Å². The molecule has 4 heteroatoms. The van der Waals surface area contributed by atoms with E-state index >= 15 is 0 Å². The number of rotatable bonds is 3. The molecule has 2 aromatic carbocycles. The smallest absolute Gasteiger partial charge is 0.123 e. The van der Waals surface area contributed by atoms with Crippen molar-refractivity contribution in [1.29, 1.82) is 0 Å². The number of nitrogens with one attached hydrogen (secondary N) is 1. The van der Waals surface area contributed by atoms with Crippen LogP contribution in [0.5, 0.6) is 0 Å². The molecule has 0 spiro atoms. The Morgan fingerprint density at radius 2 is 1.38 bits per heavy atom. The first kappa shape index (κ1) is 14.2. The van der Waals surface area contributed by atoms with Gasteiger partial charge in [-0.15, -0.1) is 0 Å². The molecule has 110 valence electrons. The predicted molar refractivity (Wildman–Crippen MR) is 76.8 cm³/mol. The van der Waals surface area contributed by atoms with Gasteiger partial charge in [-0.3, -0.25) is 0 Å². The second-order valence-corrected chi connectivity index (χ2v) is 5.47. The molecule has 0 aliphatic carbocycles. The first-order valence-corrected chi connectivity index (χ1v) is 7.06. The molecule has 1 heterocycles. The highest BCUT2D eigenvalue weighted by Crippen LogP contribution is 2.39. The summed E-state index contributed by atoms with van der Waals surface area (Å²) in [7, 11) is 0. The lowest BCUT2D eigenvalue weighted by atomic mass is 9.75. The predicted octanol–water partition coefficient (Wildman–Crippen LogP) is 2.81. The van der Waals surface area contributed by atoms with Crippen molar-refractivity contribution >= 4 is 0 Å². The number of hydrogen-bond acceptors (Lipinski definition) is 2. The lowest BCUT2D eigenvalue weighted by Crippen LogP contribution is -2.37. The van der Waals surface area contributed by atoms with Crippen LogP contribution in [-0.2, 0) is 5.60 Å². The molecule has 0 radical (unpaired) electrons. The third-order valence-electron chi connectivity index (χ3n) is 4.22. The van der Waals surface area contributed by atoms with E-state index in [4.69, 9.17) is 0 Å². The van der Waals surface area contributed by atoms with Gasteiger partial charge in [0.25, 0.3) is 0 Å². The van der Waals surface area contributed by atoms with Crippen LogP contribution in [0.15, 0.2) is 48.5 Å². The van der Waals surface area contributed by atoms with Crippen molar-refractivity contribution in [3.8, 4) is 0 Å². The minimum atomic E-state index is -1.25. The topological polar surface area (TPSA) is 32.3 Å². The fourth-order valence-electron chi connectivity index (χ4n) is 3.06. The van der Waals surface area contributed by atoms with Crippen LogP contribution < -0.4 is 5.32 Å². The lowest BCUT2D eigenvalue weighted by molar-refractivity contribution is 0.0244. The van der Waals surface area contributed by atoms with E-state index in [9.17, 15) is 13.9 Å². The molecule has 1 fully saturated rings. The molecule has 2 N–H and O–H groups in total. The van der Waals surface area contributed by atoms with Gasteiger partial charge in [0.05, 0.1) is 0 Å². The molecule has 3 rings (SSSR count). The summed E-state index contributed by atoms with van der Waals surface area (Å²) in [5, 5.41) is 14.6. The van der Waals surface area contributed by atoms with Crippen molar-refractivity contribution in [2.75, 3.05) is 13.1 Å². The zero-order valence-corrected chi connectivity index (χ0v) is 11.5. The molecule has 1 aliphatic rings. The molecule has 1 atom stereocenters. The van der Waals surface area contributed by atoms with E-state index in [0.29, 0.717) is 17.7 Å². The Morgan fingerprint density at radius 3 is 1.76 bits per heavy atom. The molecule has 2 nitrogen and oxygen atoms in total. The normalized spacial score (nSPS) is 18.9. The number of aliphatic hydroxyl groups is 1. The van der Waals surface area contributed by atoms with Crippen LogP contribution in [0.3, 0.4) is 0 Å². The molecule has 0 amide bonds. The summed E-state index contributed by atoms with van der Waals surface area (Å²) in [6, 6.07) is 11.7. The Kier molecular flexibility index (Phi) is 3.74. The van der Waals surface area contributed by atoms with Gasteiger partial charge in [-0.1, -0.05) is 24.3 Å². The van der Waals surface area contributed by atoms with Crippen LogP contribution >= 0.6 is 0 Å². The highest BCUT2D eigenvalue weighted by Gasteiger charge is 2.41. The van der Waals surface area contributed by atoms with E-state index in [-0.39, 0.29) is 17.6 Å². The van der Waals surface area contributed by atoms with E-state index in [1.165, 1.54) is 24.3 Å². The minimum Gasteiger partial charge on any atom is -0.380 e. The van der Waals surface area contributed by atoms with Crippen LogP contribution in [0.2, 0.25) is 0 Å². The van der Waals surface area contributed by atoms with Crippen molar-refractivity contribution in [3.63, 3.8) is 0 Å². The molecular formula is C17H17F2NO. The van der Waals surface area contributed by atoms with Gasteiger partial charge >= 0.3 is 0 Å². The van der Waals surface area contributed by atoms with Gasteiger partial charge in [-0.2, -0.15) is 0 Å². The Bertz CT molecular complexity index is 558. The van der Waals surface area contributed by atoms with Crippen LogP contribution in [0.4, 0.5) is 8.78 Å². The molecule has 2 aromatic rings. The molecule has 21 heavy (non-hydrogen) atoms. The number of benzene rings is 2. The summed E-state index contributed by atoms with van der Waals surface area (Å²) in [4.78, 5) is 0. The largest absolute Gasteiger partial charge is 0.380 e. The van der Waals surface area contributed by atoms with Crippen molar-refractivity contribution < 1.29 is 13.9 Å². The average Bonchev–Trinajstić information content (AvgIpc) is 3.02. The van der Waals surface area contributed by atoms with E-state index in [2.05, 4.69) is 5.32 Å². The van der Waals surface area contributed by atoms with Crippen molar-refractivity contribution in [3.05, 3.63) is 71.3 Å². The second-order valence-electron chi connectivity index (χ2n) is 5.47. The second kappa shape index (κ2) is 5.54. The lowest BCUT2D eigenvalue weighted by Gasteiger charge is -2.35. The number of halogens is 2. The third-order valence-corrected chi connectivity index (χ3v) is 4.22. The summed E-state index contributed by atoms with van der Waals surface area (Å²) in [5.74, 6) is -0.720. The fraction of sp³-hybridized carbons (Fsp3) is 0.294. The highest BCUT2D eigenvalue weighted by atomic mass is 19.1. The highest BCUT2D eigenvalue weighted by molar-refractivity contribution is 5.37. The van der Waals surface area contributed by atoms with Gasteiger partial charge in [-0.05, 0) is 48.4 Å². The summed E-state index contributed by atoms with van der Waals surface area (Å²) < 4.78 is 26.3. The van der Waals surface area contributed by atoms with Crippen molar-refractivity contribution in [2.24, 2.45) is 5.92 Å². The molecular weight excluding hydrogens is 272 g/mol. The molecule has 0 unspecified atom stereocenters. The first-order chi connectivity index (χ1) is 10.1. The Morgan fingerprint density at radius 1 is 0.905 bits per heavy atom. The van der Waals surface area contributed by atoms with Gasteiger partial charge in [0, 0.05) is 12.5 Å². The van der Waals surface area contributed by atoms with Crippen LogP contribution in [0.25, 0.3) is 0 Å². The van der Waals surface area contributed by atoms with E-state index in [1.54, 1.807) is 24.3 Å². The zero-order valence-electron chi connectivity index (χ0n) is 11.5. The van der Waals surface area contributed by atoms with E-state index < -0.39 is 5.60 Å². The van der Waals surface area contributed by atoms with Gasteiger partial charge < -0.3 is 10.4 Å². The molecule has 0 bridgehead atoms. The fourth-order valence-corrected chi connectivity index (χ4v) is 3.06. The summed E-state index contributed by atoms with van der Waals surface area (Å²) in [6.07, 6.45) is 0.811. The van der Waals surface area contributed by atoms with Gasteiger partial charge in [-0.25, -0.2) is 8.78 Å². The Labute approximate surface area is 122 Å². The van der Waals surface area contributed by atoms with E-state index in [1.807, 2.05) is 0 Å². The summed E-state index contributed by atoms with van der Waals surface area (Å²) >= 11 is 0. The van der Waals surface area contributed by atoms with Gasteiger partial charge in [0.1, 0.15) is 17.2 Å². The maximum absolute atomic E-state index is 13.2. The zero-order chi connectivity index (χ0) is 14.9. The Balaban J connectivity index is 2.09. The quantitative estimate of drug-likeness (QED) is 0.910. The monoisotopic (exact) mass is 289 g/mol. The minimum absolute atomic E-state index is 0.0339. The number of hydrogen-bond donors (Lipinski definition) is 2. The van der Waals surface area contributed by atoms with Crippen LogP contribution in [0.1, 0.15) is 17.5 Å². The molecule has 0 saturated carbocycles. The van der Waals surface area contributed by atoms with Crippen LogP contribution in [-0.4, -0.2) is 18.2 Å². The standard InChI is InChI=1S/C17H17F2NO/c18-15-5-1-12(2-6-15)17(21,14-9-10-20-11-14)13-3-7-16(19)8-4-13/h1-8,14,20-21H,9-11H2/t14-/m0/s1. The first-order valence-electron chi connectivity index (χ1n) is 7.06. The SMILES string of the molecule is OC(c1ccc(F)cc1)(c1ccc(F)cc1)[C@H]1CCNC1. The average molecular weight is 289 g/mol. The van der Waals surface area contributed by atoms with Gasteiger partial charge in [0.2, 0.25) is 0 Å².